The Kier molecular flexibility index (Phi) is 60.5. The minimum atomic E-state index is -0.856. The number of hydrogen-bond donors (Lipinski definition) is 3. The zero-order chi connectivity index (χ0) is 52.2. The van der Waals surface area contributed by atoms with Crippen LogP contribution in [-0.4, -0.2) is 47.4 Å². The molecular weight excluding hydrogens is 887 g/mol. The average molecular weight is 1010 g/mol. The van der Waals surface area contributed by atoms with E-state index in [-0.39, 0.29) is 18.5 Å². The van der Waals surface area contributed by atoms with Crippen molar-refractivity contribution >= 4 is 11.9 Å². The van der Waals surface area contributed by atoms with Crippen molar-refractivity contribution in [1.29, 1.82) is 0 Å². The first-order valence-electron chi connectivity index (χ1n) is 32.6. The standard InChI is InChI=1S/C66H127NO5/c1-3-5-7-9-11-13-15-17-19-21-22-23-24-25-27-30-34-38-42-46-50-54-58-64(69)63(62-68)67-65(70)59-55-51-47-43-39-35-31-28-29-33-37-41-45-49-53-57-61-72-66(71)60-56-52-48-44-40-36-32-26-20-18-16-14-12-10-8-6-4-2/h28,31,54,58,63-64,68-69H,3-27,29-30,32-53,55-57,59-62H2,1-2H3,(H,67,70)/b31-28-,58-54+. The van der Waals surface area contributed by atoms with Gasteiger partial charge in [0.25, 0.3) is 0 Å². The summed E-state index contributed by atoms with van der Waals surface area (Å²) in [5.41, 5.74) is 0. The quantitative estimate of drug-likeness (QED) is 0.0320. The van der Waals surface area contributed by atoms with Crippen LogP contribution in [0.5, 0.6) is 0 Å². The molecule has 0 aliphatic rings. The molecule has 0 saturated carbocycles. The van der Waals surface area contributed by atoms with Crippen LogP contribution in [0.2, 0.25) is 0 Å². The highest BCUT2D eigenvalue weighted by molar-refractivity contribution is 5.76. The first kappa shape index (κ1) is 70.3. The SMILES string of the molecule is CCCCCCCCCCCCCCCCCCCCCC/C=C/C(O)C(CO)NC(=O)CCCCCCC/C=C\CCCCCCCCCOC(=O)CCCCCCCCCCCCCCCCCCC. The number of carbonyl (C=O) groups excluding carboxylic acids is 2. The van der Waals surface area contributed by atoms with Gasteiger partial charge in [-0.2, -0.15) is 0 Å². The maximum atomic E-state index is 12.5. The molecule has 72 heavy (non-hydrogen) atoms. The smallest absolute Gasteiger partial charge is 0.305 e. The van der Waals surface area contributed by atoms with Crippen LogP contribution in [0.3, 0.4) is 0 Å². The molecule has 2 atom stereocenters. The Hall–Kier alpha value is -1.66. The molecule has 0 bridgehead atoms. The second-order valence-corrected chi connectivity index (χ2v) is 22.5. The van der Waals surface area contributed by atoms with Crippen LogP contribution in [-0.2, 0) is 14.3 Å². The summed E-state index contributed by atoms with van der Waals surface area (Å²) in [6.45, 7) is 4.92. The number of unbranched alkanes of at least 4 members (excludes halogenated alkanes) is 48. The normalized spacial score (nSPS) is 12.7. The van der Waals surface area contributed by atoms with Crippen LogP contribution in [0, 0.1) is 0 Å². The first-order valence-corrected chi connectivity index (χ1v) is 32.6. The molecule has 0 aliphatic heterocycles. The molecule has 2 unspecified atom stereocenters. The van der Waals surface area contributed by atoms with E-state index in [0.29, 0.717) is 19.4 Å². The second-order valence-electron chi connectivity index (χ2n) is 22.5. The summed E-state index contributed by atoms with van der Waals surface area (Å²) in [6.07, 6.45) is 76.5. The van der Waals surface area contributed by atoms with Crippen molar-refractivity contribution in [2.45, 2.75) is 373 Å². The van der Waals surface area contributed by atoms with E-state index in [1.54, 1.807) is 6.08 Å². The number of esters is 1. The number of aliphatic hydroxyl groups excluding tert-OH is 2. The minimum Gasteiger partial charge on any atom is -0.466 e. The van der Waals surface area contributed by atoms with E-state index in [1.165, 1.54) is 270 Å². The molecule has 0 aliphatic carbocycles. The van der Waals surface area contributed by atoms with Crippen LogP contribution in [0.1, 0.15) is 361 Å². The monoisotopic (exact) mass is 1010 g/mol. The molecule has 6 heteroatoms. The third-order valence-electron chi connectivity index (χ3n) is 15.2. The van der Waals surface area contributed by atoms with Gasteiger partial charge in [-0.1, -0.05) is 314 Å². The van der Waals surface area contributed by atoms with E-state index < -0.39 is 12.1 Å². The predicted molar refractivity (Wildman–Crippen MR) is 315 cm³/mol. The molecule has 0 aromatic carbocycles. The van der Waals surface area contributed by atoms with Crippen molar-refractivity contribution in [1.82, 2.24) is 5.32 Å². The van der Waals surface area contributed by atoms with Gasteiger partial charge in [0.15, 0.2) is 0 Å². The highest BCUT2D eigenvalue weighted by Crippen LogP contribution is 2.18. The minimum absolute atomic E-state index is 0.000873. The van der Waals surface area contributed by atoms with Gasteiger partial charge in [0, 0.05) is 12.8 Å². The summed E-state index contributed by atoms with van der Waals surface area (Å²) in [5.74, 6) is -0.0805. The van der Waals surface area contributed by atoms with Gasteiger partial charge < -0.3 is 20.3 Å². The van der Waals surface area contributed by atoms with Gasteiger partial charge in [0.05, 0.1) is 25.4 Å². The Labute approximate surface area is 450 Å². The van der Waals surface area contributed by atoms with E-state index in [4.69, 9.17) is 4.74 Å². The van der Waals surface area contributed by atoms with Crippen LogP contribution >= 0.6 is 0 Å². The topological polar surface area (TPSA) is 95.9 Å². The highest BCUT2D eigenvalue weighted by Gasteiger charge is 2.18. The maximum Gasteiger partial charge on any atom is 0.305 e. The summed E-state index contributed by atoms with van der Waals surface area (Å²) in [5, 5.41) is 23.2. The summed E-state index contributed by atoms with van der Waals surface area (Å²) in [6, 6.07) is -0.641. The third kappa shape index (κ3) is 57.6. The van der Waals surface area contributed by atoms with E-state index >= 15 is 0 Å². The van der Waals surface area contributed by atoms with Gasteiger partial charge in [0.1, 0.15) is 0 Å². The number of carbonyl (C=O) groups is 2. The van der Waals surface area contributed by atoms with Crippen LogP contribution in [0.4, 0.5) is 0 Å². The Morgan fingerprint density at radius 3 is 0.986 bits per heavy atom. The number of amides is 1. The second kappa shape index (κ2) is 61.9. The van der Waals surface area contributed by atoms with Gasteiger partial charge in [-0.3, -0.25) is 9.59 Å². The molecule has 1 amide bonds. The highest BCUT2D eigenvalue weighted by atomic mass is 16.5. The van der Waals surface area contributed by atoms with Gasteiger partial charge >= 0.3 is 5.97 Å². The Morgan fingerprint density at radius 2 is 0.653 bits per heavy atom. The van der Waals surface area contributed by atoms with Crippen molar-refractivity contribution in [2.24, 2.45) is 0 Å². The Bertz CT molecular complexity index is 1120. The number of hydrogen-bond acceptors (Lipinski definition) is 5. The van der Waals surface area contributed by atoms with E-state index in [1.807, 2.05) is 6.08 Å². The number of nitrogens with one attached hydrogen (secondary N) is 1. The molecule has 0 rings (SSSR count). The van der Waals surface area contributed by atoms with Crippen molar-refractivity contribution in [2.75, 3.05) is 13.2 Å². The lowest BCUT2D eigenvalue weighted by molar-refractivity contribution is -0.143. The van der Waals surface area contributed by atoms with Crippen molar-refractivity contribution in [3.63, 3.8) is 0 Å². The van der Waals surface area contributed by atoms with Crippen molar-refractivity contribution < 1.29 is 24.5 Å². The van der Waals surface area contributed by atoms with Gasteiger partial charge in [-0.15, -0.1) is 0 Å². The maximum absolute atomic E-state index is 12.5. The third-order valence-corrected chi connectivity index (χ3v) is 15.2. The molecule has 0 aromatic rings. The van der Waals surface area contributed by atoms with Crippen molar-refractivity contribution in [3.05, 3.63) is 24.3 Å². The lowest BCUT2D eigenvalue weighted by Crippen LogP contribution is -2.45. The Morgan fingerprint density at radius 1 is 0.375 bits per heavy atom. The number of rotatable bonds is 61. The molecule has 0 saturated heterocycles. The van der Waals surface area contributed by atoms with Gasteiger partial charge in [-0.25, -0.2) is 0 Å². The average Bonchev–Trinajstić information content (AvgIpc) is 3.38. The van der Waals surface area contributed by atoms with E-state index in [2.05, 4.69) is 31.3 Å². The number of aliphatic hydroxyl groups is 2. The fraction of sp³-hybridized carbons (Fsp3) is 0.909. The summed E-state index contributed by atoms with van der Waals surface area (Å²) < 4.78 is 5.49. The van der Waals surface area contributed by atoms with Crippen LogP contribution in [0.15, 0.2) is 24.3 Å². The van der Waals surface area contributed by atoms with Gasteiger partial charge in [0.2, 0.25) is 5.91 Å². The summed E-state index contributed by atoms with van der Waals surface area (Å²) in [4.78, 5) is 24.6. The molecule has 3 N–H and O–H groups in total. The molecule has 6 nitrogen and oxygen atoms in total. The Balaban J connectivity index is 3.47. The predicted octanol–water partition coefficient (Wildman–Crippen LogP) is 20.6. The molecule has 0 heterocycles. The van der Waals surface area contributed by atoms with Crippen LogP contribution in [0.25, 0.3) is 0 Å². The number of ether oxygens (including phenoxy) is 1. The molecule has 426 valence electrons. The molecule has 0 spiro atoms. The van der Waals surface area contributed by atoms with Gasteiger partial charge in [-0.05, 0) is 57.8 Å². The molecule has 0 radical (unpaired) electrons. The van der Waals surface area contributed by atoms with E-state index in [0.717, 1.165) is 64.2 Å². The largest absolute Gasteiger partial charge is 0.466 e. The first-order chi connectivity index (χ1) is 35.5. The summed E-state index contributed by atoms with van der Waals surface area (Å²) >= 11 is 0. The fourth-order valence-electron chi connectivity index (χ4n) is 10.2. The lowest BCUT2D eigenvalue weighted by Gasteiger charge is -2.20. The molecular formula is C66H127NO5. The van der Waals surface area contributed by atoms with E-state index in [9.17, 15) is 19.8 Å². The zero-order valence-electron chi connectivity index (χ0n) is 48.7. The summed E-state index contributed by atoms with van der Waals surface area (Å²) in [7, 11) is 0. The fourth-order valence-corrected chi connectivity index (χ4v) is 10.2. The van der Waals surface area contributed by atoms with Crippen LogP contribution < -0.4 is 5.32 Å². The molecule has 0 fully saturated rings. The van der Waals surface area contributed by atoms with Crippen molar-refractivity contribution in [3.8, 4) is 0 Å². The molecule has 0 aromatic heterocycles. The number of allylic oxidation sites excluding steroid dienone is 3. The zero-order valence-corrected chi connectivity index (χ0v) is 48.7. The lowest BCUT2D eigenvalue weighted by atomic mass is 10.0.